The molecule has 0 radical (unpaired) electrons. The number of nitrogens with two attached hydrogens (primary N) is 1. The Morgan fingerprint density at radius 1 is 1.39 bits per heavy atom. The number of ether oxygens (including phenoxy) is 1. The van der Waals surface area contributed by atoms with Gasteiger partial charge in [-0.2, -0.15) is 0 Å². The molecule has 3 N–H and O–H groups in total. The summed E-state index contributed by atoms with van der Waals surface area (Å²) in [6.07, 6.45) is 0.537. The minimum atomic E-state index is -0.845. The average Bonchev–Trinajstić information content (AvgIpc) is 2.28. The van der Waals surface area contributed by atoms with Crippen molar-refractivity contribution in [3.05, 3.63) is 29.3 Å². The highest BCUT2D eigenvalue weighted by molar-refractivity contribution is 5.39. The molecule has 1 aromatic rings. The van der Waals surface area contributed by atoms with Gasteiger partial charge in [0.1, 0.15) is 5.75 Å². The highest BCUT2D eigenvalue weighted by atomic mass is 16.5. The van der Waals surface area contributed by atoms with E-state index in [1.807, 2.05) is 13.0 Å². The Morgan fingerprint density at radius 2 is 2.06 bits per heavy atom. The van der Waals surface area contributed by atoms with E-state index < -0.39 is 5.60 Å². The van der Waals surface area contributed by atoms with Gasteiger partial charge < -0.3 is 15.6 Å². The van der Waals surface area contributed by atoms with Crippen LogP contribution >= 0.6 is 0 Å². The second-order valence-corrected chi connectivity index (χ2v) is 5.50. The minimum absolute atomic E-state index is 0.251. The molecule has 1 aromatic carbocycles. The van der Waals surface area contributed by atoms with Crippen LogP contribution < -0.4 is 10.5 Å². The third kappa shape index (κ3) is 4.31. The molecule has 0 heterocycles. The van der Waals surface area contributed by atoms with Gasteiger partial charge in [0.25, 0.3) is 0 Å². The molecule has 18 heavy (non-hydrogen) atoms. The molecule has 3 heteroatoms. The Kier molecular flexibility index (Phi) is 5.17. The highest BCUT2D eigenvalue weighted by Crippen LogP contribution is 2.27. The molecule has 102 valence electrons. The third-order valence-corrected chi connectivity index (χ3v) is 3.13. The zero-order chi connectivity index (χ0) is 13.8. The second kappa shape index (κ2) is 6.21. The first-order valence-electron chi connectivity index (χ1n) is 6.51. The topological polar surface area (TPSA) is 55.5 Å². The van der Waals surface area contributed by atoms with Crippen LogP contribution in [-0.2, 0) is 0 Å². The maximum Gasteiger partial charge on any atom is 0.123 e. The molecule has 0 aliphatic heterocycles. The second-order valence-electron chi connectivity index (χ2n) is 5.50. The van der Waals surface area contributed by atoms with E-state index in [1.54, 1.807) is 6.92 Å². The first-order valence-corrected chi connectivity index (χ1v) is 6.51. The standard InChI is InChI=1S/C15H25NO2/c1-11(2)13-6-5-12(3)9-14(13)18-8-7-15(4,17)10-16/h5-6,9,11,17H,7-8,10,16H2,1-4H3. The molecule has 0 bridgehead atoms. The van der Waals surface area contributed by atoms with E-state index in [0.29, 0.717) is 18.9 Å². The summed E-state index contributed by atoms with van der Waals surface area (Å²) in [7, 11) is 0. The van der Waals surface area contributed by atoms with E-state index in [4.69, 9.17) is 10.5 Å². The van der Waals surface area contributed by atoms with Crippen LogP contribution in [0.1, 0.15) is 44.2 Å². The van der Waals surface area contributed by atoms with Crippen molar-refractivity contribution in [2.45, 2.75) is 45.6 Å². The van der Waals surface area contributed by atoms with Crippen molar-refractivity contribution in [1.29, 1.82) is 0 Å². The lowest BCUT2D eigenvalue weighted by Gasteiger charge is -2.22. The van der Waals surface area contributed by atoms with E-state index >= 15 is 0 Å². The number of aryl methyl sites for hydroxylation is 1. The van der Waals surface area contributed by atoms with Crippen LogP contribution in [0.15, 0.2) is 18.2 Å². The van der Waals surface area contributed by atoms with Gasteiger partial charge in [0, 0.05) is 13.0 Å². The van der Waals surface area contributed by atoms with Crippen molar-refractivity contribution in [1.82, 2.24) is 0 Å². The summed E-state index contributed by atoms with van der Waals surface area (Å²) >= 11 is 0. The molecule has 0 fully saturated rings. The fourth-order valence-corrected chi connectivity index (χ4v) is 1.73. The Balaban J connectivity index is 2.69. The van der Waals surface area contributed by atoms with Crippen molar-refractivity contribution in [3.63, 3.8) is 0 Å². The fraction of sp³-hybridized carbons (Fsp3) is 0.600. The first kappa shape index (κ1) is 15.0. The molecular formula is C15H25NO2. The summed E-state index contributed by atoms with van der Waals surface area (Å²) in [5.74, 6) is 1.34. The van der Waals surface area contributed by atoms with Gasteiger partial charge in [-0.3, -0.25) is 0 Å². The van der Waals surface area contributed by atoms with Crippen molar-refractivity contribution in [2.75, 3.05) is 13.2 Å². The summed E-state index contributed by atoms with van der Waals surface area (Å²) in [5.41, 5.74) is 7.02. The smallest absolute Gasteiger partial charge is 0.123 e. The number of hydrogen-bond acceptors (Lipinski definition) is 3. The van der Waals surface area contributed by atoms with Crippen LogP contribution in [0.2, 0.25) is 0 Å². The zero-order valence-corrected chi connectivity index (χ0v) is 11.9. The van der Waals surface area contributed by atoms with Crippen molar-refractivity contribution < 1.29 is 9.84 Å². The molecule has 1 rings (SSSR count). The molecule has 1 unspecified atom stereocenters. The van der Waals surface area contributed by atoms with Gasteiger partial charge in [0.2, 0.25) is 0 Å². The van der Waals surface area contributed by atoms with Gasteiger partial charge in [0.05, 0.1) is 12.2 Å². The van der Waals surface area contributed by atoms with E-state index in [-0.39, 0.29) is 6.54 Å². The van der Waals surface area contributed by atoms with Gasteiger partial charge in [-0.25, -0.2) is 0 Å². The molecule has 0 spiro atoms. The summed E-state index contributed by atoms with van der Waals surface area (Å²) in [6.45, 7) is 8.80. The lowest BCUT2D eigenvalue weighted by atomic mass is 10.0. The van der Waals surface area contributed by atoms with Crippen LogP contribution in [0, 0.1) is 6.92 Å². The number of aliphatic hydroxyl groups is 1. The minimum Gasteiger partial charge on any atom is -0.493 e. The van der Waals surface area contributed by atoms with Gasteiger partial charge in [-0.15, -0.1) is 0 Å². The Bertz CT molecular complexity index is 386. The monoisotopic (exact) mass is 251 g/mol. The Morgan fingerprint density at radius 3 is 2.61 bits per heavy atom. The molecular weight excluding hydrogens is 226 g/mol. The van der Waals surface area contributed by atoms with Gasteiger partial charge in [-0.05, 0) is 37.0 Å². The van der Waals surface area contributed by atoms with Crippen molar-refractivity contribution >= 4 is 0 Å². The molecule has 0 aliphatic rings. The van der Waals surface area contributed by atoms with Crippen molar-refractivity contribution in [2.24, 2.45) is 5.73 Å². The molecule has 0 amide bonds. The lowest BCUT2D eigenvalue weighted by molar-refractivity contribution is 0.0452. The number of benzene rings is 1. The number of rotatable bonds is 6. The van der Waals surface area contributed by atoms with Gasteiger partial charge in [-0.1, -0.05) is 26.0 Å². The summed E-state index contributed by atoms with van der Waals surface area (Å²) in [6, 6.07) is 6.25. The van der Waals surface area contributed by atoms with Crippen molar-refractivity contribution in [3.8, 4) is 5.75 Å². The molecule has 0 saturated heterocycles. The zero-order valence-electron chi connectivity index (χ0n) is 11.9. The lowest BCUT2D eigenvalue weighted by Crippen LogP contribution is -2.35. The third-order valence-electron chi connectivity index (χ3n) is 3.13. The summed E-state index contributed by atoms with van der Waals surface area (Å²) in [4.78, 5) is 0. The molecule has 1 atom stereocenters. The summed E-state index contributed by atoms with van der Waals surface area (Å²) < 4.78 is 5.80. The average molecular weight is 251 g/mol. The van der Waals surface area contributed by atoms with E-state index in [1.165, 1.54) is 11.1 Å². The normalized spacial score (nSPS) is 14.6. The maximum atomic E-state index is 9.83. The largest absolute Gasteiger partial charge is 0.493 e. The van der Waals surface area contributed by atoms with Crippen LogP contribution in [0.4, 0.5) is 0 Å². The summed E-state index contributed by atoms with van der Waals surface area (Å²) in [5, 5.41) is 9.83. The first-order chi connectivity index (χ1) is 8.35. The molecule has 3 nitrogen and oxygen atoms in total. The Hall–Kier alpha value is -1.06. The molecule has 0 aromatic heterocycles. The molecule has 0 saturated carbocycles. The maximum absolute atomic E-state index is 9.83. The van der Waals surface area contributed by atoms with E-state index in [2.05, 4.69) is 26.0 Å². The number of hydrogen-bond donors (Lipinski definition) is 2. The van der Waals surface area contributed by atoms with Crippen LogP contribution in [0.3, 0.4) is 0 Å². The Labute approximate surface area is 110 Å². The van der Waals surface area contributed by atoms with E-state index in [9.17, 15) is 5.11 Å². The van der Waals surface area contributed by atoms with Crippen LogP contribution in [0.5, 0.6) is 5.75 Å². The highest BCUT2D eigenvalue weighted by Gasteiger charge is 2.18. The SMILES string of the molecule is Cc1ccc(C(C)C)c(OCCC(C)(O)CN)c1. The van der Waals surface area contributed by atoms with Gasteiger partial charge >= 0.3 is 0 Å². The molecule has 0 aliphatic carbocycles. The fourth-order valence-electron chi connectivity index (χ4n) is 1.73. The van der Waals surface area contributed by atoms with E-state index in [0.717, 1.165) is 5.75 Å². The predicted octanol–water partition coefficient (Wildman–Crippen LogP) is 2.60. The van der Waals surface area contributed by atoms with Gasteiger partial charge in [0.15, 0.2) is 0 Å². The van der Waals surface area contributed by atoms with Crippen LogP contribution in [-0.4, -0.2) is 23.9 Å². The quantitative estimate of drug-likeness (QED) is 0.817. The predicted molar refractivity (Wildman–Crippen MR) is 75.1 cm³/mol. The van der Waals surface area contributed by atoms with Crippen LogP contribution in [0.25, 0.3) is 0 Å².